The molecule has 3 heteroatoms. The molecular weight excluding hydrogens is 202 g/mol. The fraction of sp³-hybridized carbons (Fsp3) is 0.615. The quantitative estimate of drug-likeness (QED) is 0.797. The summed E-state index contributed by atoms with van der Waals surface area (Å²) in [5.41, 5.74) is 3.15. The molecule has 0 fully saturated rings. The number of ether oxygens (including phenoxy) is 1. The van der Waals surface area contributed by atoms with E-state index >= 15 is 0 Å². The van der Waals surface area contributed by atoms with Crippen molar-refractivity contribution in [1.29, 1.82) is 0 Å². The second-order valence-corrected chi connectivity index (χ2v) is 4.42. The van der Waals surface area contributed by atoms with Crippen molar-refractivity contribution in [2.45, 2.75) is 39.5 Å². The zero-order chi connectivity index (χ0) is 11.5. The average Bonchev–Trinajstić information content (AvgIpc) is 2.71. The number of H-pyrrole nitrogens is 1. The van der Waals surface area contributed by atoms with Crippen LogP contribution in [0.25, 0.3) is 0 Å². The number of aromatic amines is 1. The van der Waals surface area contributed by atoms with E-state index < -0.39 is 0 Å². The number of hydrogen-bond acceptors (Lipinski definition) is 2. The second-order valence-electron chi connectivity index (χ2n) is 4.42. The maximum Gasteiger partial charge on any atom is 0.354 e. The number of aryl methyl sites for hydroxylation is 1. The molecule has 1 aliphatic carbocycles. The first-order valence-electron chi connectivity index (χ1n) is 6.12. The Bertz CT molecular complexity index is 381. The van der Waals surface area contributed by atoms with Crippen molar-refractivity contribution in [2.24, 2.45) is 5.92 Å². The standard InChI is InChI=1S/C13H19NO2/c1-3-9-5-6-11-10(7-9)8-12(14-11)13(15)16-4-2/h8-9,14H,3-7H2,1-2H3. The molecule has 16 heavy (non-hydrogen) atoms. The van der Waals surface area contributed by atoms with Crippen molar-refractivity contribution in [3.63, 3.8) is 0 Å². The molecule has 1 aromatic rings. The third-order valence-electron chi connectivity index (χ3n) is 3.38. The molecule has 0 saturated heterocycles. The van der Waals surface area contributed by atoms with Gasteiger partial charge in [-0.3, -0.25) is 0 Å². The van der Waals surface area contributed by atoms with Crippen LogP contribution in [0.15, 0.2) is 6.07 Å². The molecule has 1 unspecified atom stereocenters. The number of hydrogen-bond donors (Lipinski definition) is 1. The predicted octanol–water partition coefficient (Wildman–Crippen LogP) is 2.71. The second kappa shape index (κ2) is 4.73. The Labute approximate surface area is 96.2 Å². The maximum absolute atomic E-state index is 11.6. The van der Waals surface area contributed by atoms with E-state index in [0.717, 1.165) is 18.8 Å². The summed E-state index contributed by atoms with van der Waals surface area (Å²) in [6, 6.07) is 1.97. The molecule has 1 aromatic heterocycles. The number of carbonyl (C=O) groups is 1. The Morgan fingerprint density at radius 2 is 2.38 bits per heavy atom. The van der Waals surface area contributed by atoms with Gasteiger partial charge >= 0.3 is 5.97 Å². The number of fused-ring (bicyclic) bond motifs is 1. The van der Waals surface area contributed by atoms with Gasteiger partial charge in [0.1, 0.15) is 5.69 Å². The molecule has 88 valence electrons. The van der Waals surface area contributed by atoms with Crippen molar-refractivity contribution >= 4 is 5.97 Å². The lowest BCUT2D eigenvalue weighted by molar-refractivity contribution is 0.0520. The SMILES string of the molecule is CCOC(=O)c1cc2c([nH]1)CCC(CC)C2. The summed E-state index contributed by atoms with van der Waals surface area (Å²) in [4.78, 5) is 14.7. The third kappa shape index (κ3) is 2.13. The van der Waals surface area contributed by atoms with Crippen LogP contribution in [0.3, 0.4) is 0 Å². The van der Waals surface area contributed by atoms with Gasteiger partial charge in [-0.15, -0.1) is 0 Å². The van der Waals surface area contributed by atoms with Crippen LogP contribution in [0.5, 0.6) is 0 Å². The van der Waals surface area contributed by atoms with Crippen molar-refractivity contribution in [1.82, 2.24) is 4.98 Å². The number of carbonyl (C=O) groups excluding carboxylic acids is 1. The highest BCUT2D eigenvalue weighted by Crippen LogP contribution is 2.27. The van der Waals surface area contributed by atoms with E-state index in [1.54, 1.807) is 0 Å². The summed E-state index contributed by atoms with van der Waals surface area (Å²) in [5.74, 6) is 0.545. The molecule has 0 saturated carbocycles. The monoisotopic (exact) mass is 221 g/mol. The van der Waals surface area contributed by atoms with E-state index in [1.807, 2.05) is 13.0 Å². The average molecular weight is 221 g/mol. The first-order chi connectivity index (χ1) is 7.74. The minimum Gasteiger partial charge on any atom is -0.461 e. The smallest absolute Gasteiger partial charge is 0.354 e. The Morgan fingerprint density at radius 1 is 1.56 bits per heavy atom. The van der Waals surface area contributed by atoms with Gasteiger partial charge in [0.25, 0.3) is 0 Å². The molecule has 0 bridgehead atoms. The zero-order valence-electron chi connectivity index (χ0n) is 10.0. The lowest BCUT2D eigenvalue weighted by Crippen LogP contribution is -2.12. The molecule has 1 aliphatic rings. The van der Waals surface area contributed by atoms with Crippen LogP contribution in [0.4, 0.5) is 0 Å². The van der Waals surface area contributed by atoms with E-state index in [-0.39, 0.29) is 5.97 Å². The van der Waals surface area contributed by atoms with Crippen LogP contribution >= 0.6 is 0 Å². The van der Waals surface area contributed by atoms with Crippen molar-refractivity contribution in [2.75, 3.05) is 6.61 Å². The number of rotatable bonds is 3. The minimum absolute atomic E-state index is 0.232. The van der Waals surface area contributed by atoms with E-state index in [9.17, 15) is 4.79 Å². The van der Waals surface area contributed by atoms with Gasteiger partial charge in [-0.05, 0) is 43.7 Å². The molecule has 1 N–H and O–H groups in total. The molecular formula is C13H19NO2. The van der Waals surface area contributed by atoms with E-state index in [2.05, 4.69) is 11.9 Å². The summed E-state index contributed by atoms with van der Waals surface area (Å²) in [7, 11) is 0. The summed E-state index contributed by atoms with van der Waals surface area (Å²) < 4.78 is 4.99. The van der Waals surface area contributed by atoms with Gasteiger partial charge in [-0.25, -0.2) is 4.79 Å². The Hall–Kier alpha value is -1.25. The highest BCUT2D eigenvalue weighted by Gasteiger charge is 2.21. The van der Waals surface area contributed by atoms with Crippen LogP contribution in [-0.4, -0.2) is 17.6 Å². The summed E-state index contributed by atoms with van der Waals surface area (Å²) in [6.07, 6.45) is 4.61. The fourth-order valence-electron chi connectivity index (χ4n) is 2.37. The molecule has 1 heterocycles. The van der Waals surface area contributed by atoms with Gasteiger partial charge in [0, 0.05) is 5.69 Å². The third-order valence-corrected chi connectivity index (χ3v) is 3.38. The fourth-order valence-corrected chi connectivity index (χ4v) is 2.37. The summed E-state index contributed by atoms with van der Waals surface area (Å²) in [5, 5.41) is 0. The number of aromatic nitrogens is 1. The van der Waals surface area contributed by atoms with Crippen molar-refractivity contribution in [3.8, 4) is 0 Å². The highest BCUT2D eigenvalue weighted by atomic mass is 16.5. The minimum atomic E-state index is -0.232. The topological polar surface area (TPSA) is 42.1 Å². The van der Waals surface area contributed by atoms with Crippen LogP contribution in [-0.2, 0) is 17.6 Å². The molecule has 3 nitrogen and oxygen atoms in total. The summed E-state index contributed by atoms with van der Waals surface area (Å²) >= 11 is 0. The molecule has 0 radical (unpaired) electrons. The van der Waals surface area contributed by atoms with Crippen LogP contribution in [0.2, 0.25) is 0 Å². The normalized spacial score (nSPS) is 19.2. The van der Waals surface area contributed by atoms with Crippen LogP contribution < -0.4 is 0 Å². The molecule has 0 aromatic carbocycles. The molecule has 0 spiro atoms. The predicted molar refractivity (Wildman–Crippen MR) is 62.6 cm³/mol. The van der Waals surface area contributed by atoms with Gasteiger partial charge in [0.05, 0.1) is 6.61 Å². The zero-order valence-corrected chi connectivity index (χ0v) is 10.0. The first kappa shape index (κ1) is 11.2. The van der Waals surface area contributed by atoms with Crippen LogP contribution in [0.1, 0.15) is 48.4 Å². The summed E-state index contributed by atoms with van der Waals surface area (Å²) in [6.45, 7) is 4.49. The van der Waals surface area contributed by atoms with Crippen LogP contribution in [0, 0.1) is 5.92 Å². The molecule has 1 atom stereocenters. The van der Waals surface area contributed by atoms with Gasteiger partial charge in [-0.1, -0.05) is 13.3 Å². The molecule has 0 amide bonds. The Balaban J connectivity index is 2.15. The first-order valence-corrected chi connectivity index (χ1v) is 6.12. The largest absolute Gasteiger partial charge is 0.461 e. The number of esters is 1. The number of nitrogens with one attached hydrogen (secondary N) is 1. The Kier molecular flexibility index (Phi) is 3.32. The van der Waals surface area contributed by atoms with E-state index in [4.69, 9.17) is 4.74 Å². The Morgan fingerprint density at radius 3 is 3.06 bits per heavy atom. The highest BCUT2D eigenvalue weighted by molar-refractivity contribution is 5.87. The van der Waals surface area contributed by atoms with Crippen molar-refractivity contribution in [3.05, 3.63) is 23.0 Å². The lowest BCUT2D eigenvalue weighted by atomic mass is 9.86. The molecule has 0 aliphatic heterocycles. The maximum atomic E-state index is 11.6. The van der Waals surface area contributed by atoms with E-state index in [1.165, 1.54) is 24.1 Å². The van der Waals surface area contributed by atoms with Gasteiger partial charge < -0.3 is 9.72 Å². The van der Waals surface area contributed by atoms with E-state index in [0.29, 0.717) is 12.3 Å². The van der Waals surface area contributed by atoms with Gasteiger partial charge in [0.15, 0.2) is 0 Å². The van der Waals surface area contributed by atoms with Gasteiger partial charge in [0.2, 0.25) is 0 Å². The van der Waals surface area contributed by atoms with Crippen molar-refractivity contribution < 1.29 is 9.53 Å². The molecule has 2 rings (SSSR count). The van der Waals surface area contributed by atoms with Gasteiger partial charge in [-0.2, -0.15) is 0 Å². The lowest BCUT2D eigenvalue weighted by Gasteiger charge is -2.20.